The predicted molar refractivity (Wildman–Crippen MR) is 128 cm³/mol. The van der Waals surface area contributed by atoms with Crippen molar-refractivity contribution in [2.75, 3.05) is 31.1 Å². The van der Waals surface area contributed by atoms with Gasteiger partial charge in [0.15, 0.2) is 5.96 Å². The Morgan fingerprint density at radius 1 is 1.24 bits per heavy atom. The number of nitrogens with zero attached hydrogens (tertiary/aromatic N) is 4. The number of hydrogen-bond acceptors (Lipinski definition) is 3. The molecule has 1 aromatic carbocycles. The maximum Gasteiger partial charge on any atom is 0.248 e. The van der Waals surface area contributed by atoms with Gasteiger partial charge in [-0.2, -0.15) is 5.10 Å². The zero-order chi connectivity index (χ0) is 19.9. The number of guanidine groups is 1. The average molecular weight is 510 g/mol. The van der Waals surface area contributed by atoms with Crippen LogP contribution in [0.3, 0.4) is 0 Å². The maximum absolute atomic E-state index is 12.6. The number of carbonyl (C=O) groups excluding carboxylic acids is 1. The van der Waals surface area contributed by atoms with E-state index >= 15 is 0 Å². The molecule has 1 aliphatic rings. The van der Waals surface area contributed by atoms with E-state index in [1.54, 1.807) is 0 Å². The fraction of sp³-hybridized carbons (Fsp3) is 0.476. The van der Waals surface area contributed by atoms with Crippen LogP contribution in [0.5, 0.6) is 0 Å². The second-order valence-corrected chi connectivity index (χ2v) is 7.05. The number of aryl methyl sites for hydroxylation is 3. The predicted octanol–water partition coefficient (Wildman–Crippen LogP) is 2.65. The molecule has 2 heterocycles. The van der Waals surface area contributed by atoms with Gasteiger partial charge < -0.3 is 15.5 Å². The zero-order valence-electron chi connectivity index (χ0n) is 17.4. The summed E-state index contributed by atoms with van der Waals surface area (Å²) >= 11 is 0. The van der Waals surface area contributed by atoms with E-state index in [9.17, 15) is 4.79 Å². The number of fused-ring (bicyclic) bond motifs is 1. The Kier molecular flexibility index (Phi) is 8.94. The lowest BCUT2D eigenvalue weighted by molar-refractivity contribution is -0.117. The van der Waals surface area contributed by atoms with E-state index < -0.39 is 0 Å². The summed E-state index contributed by atoms with van der Waals surface area (Å²) in [4.78, 5) is 18.9. The monoisotopic (exact) mass is 510 g/mol. The van der Waals surface area contributed by atoms with Crippen LogP contribution in [0.2, 0.25) is 0 Å². The summed E-state index contributed by atoms with van der Waals surface area (Å²) in [6.07, 6.45) is 1.84. The third-order valence-corrected chi connectivity index (χ3v) is 4.85. The zero-order valence-corrected chi connectivity index (χ0v) is 19.8. The number of benzene rings is 1. The van der Waals surface area contributed by atoms with Gasteiger partial charge in [-0.15, -0.1) is 24.0 Å². The van der Waals surface area contributed by atoms with E-state index in [0.717, 1.165) is 50.4 Å². The number of aromatic nitrogens is 2. The first-order chi connectivity index (χ1) is 13.6. The number of halogens is 1. The minimum Gasteiger partial charge on any atom is -0.357 e. The van der Waals surface area contributed by atoms with Crippen LogP contribution in [-0.4, -0.2) is 47.8 Å². The minimum absolute atomic E-state index is 0. The second-order valence-electron chi connectivity index (χ2n) is 7.05. The molecule has 1 aromatic heterocycles. The van der Waals surface area contributed by atoms with Crippen molar-refractivity contribution in [1.82, 2.24) is 20.4 Å². The van der Waals surface area contributed by atoms with Crippen LogP contribution in [-0.2, 0) is 17.8 Å². The molecule has 0 fully saturated rings. The molecule has 8 heteroatoms. The summed E-state index contributed by atoms with van der Waals surface area (Å²) in [6.45, 7) is 9.35. The third-order valence-electron chi connectivity index (χ3n) is 4.85. The Bertz CT molecular complexity index is 847. The van der Waals surface area contributed by atoms with Gasteiger partial charge in [-0.05, 0) is 51.3 Å². The van der Waals surface area contributed by atoms with Crippen LogP contribution in [0.1, 0.15) is 30.3 Å². The van der Waals surface area contributed by atoms with Crippen LogP contribution in [0.25, 0.3) is 0 Å². The maximum atomic E-state index is 12.6. The normalized spacial score (nSPS) is 13.1. The SMILES string of the molecule is CCNC(=NCC(=O)N1CCc2ccccc21)NCCCn1nc(C)cc1C.I. The van der Waals surface area contributed by atoms with Crippen molar-refractivity contribution >= 4 is 41.5 Å². The standard InChI is InChI=1S/C21H30N6O.HI/c1-4-22-21(23-11-7-12-27-17(3)14-16(2)25-27)24-15-20(28)26-13-10-18-8-5-6-9-19(18)26;/h5-6,8-9,14H,4,7,10-13,15H2,1-3H3,(H2,22,23,24);1H. The molecule has 0 bridgehead atoms. The second kappa shape index (κ2) is 11.2. The Morgan fingerprint density at radius 3 is 2.76 bits per heavy atom. The van der Waals surface area contributed by atoms with Gasteiger partial charge >= 0.3 is 0 Å². The average Bonchev–Trinajstić information content (AvgIpc) is 3.25. The van der Waals surface area contributed by atoms with Crippen molar-refractivity contribution in [3.8, 4) is 0 Å². The van der Waals surface area contributed by atoms with E-state index in [0.29, 0.717) is 5.96 Å². The van der Waals surface area contributed by atoms with Gasteiger partial charge in [0.05, 0.1) is 5.69 Å². The summed E-state index contributed by atoms with van der Waals surface area (Å²) in [5, 5.41) is 11.0. The minimum atomic E-state index is 0. The summed E-state index contributed by atoms with van der Waals surface area (Å²) in [5.41, 5.74) is 4.47. The van der Waals surface area contributed by atoms with Crippen LogP contribution < -0.4 is 15.5 Å². The third kappa shape index (κ3) is 6.19. The molecule has 0 spiro atoms. The van der Waals surface area contributed by atoms with E-state index in [-0.39, 0.29) is 36.4 Å². The number of para-hydroxylation sites is 1. The van der Waals surface area contributed by atoms with E-state index in [4.69, 9.17) is 0 Å². The highest BCUT2D eigenvalue weighted by molar-refractivity contribution is 14.0. The van der Waals surface area contributed by atoms with Crippen molar-refractivity contribution in [2.24, 2.45) is 4.99 Å². The molecule has 2 N–H and O–H groups in total. The van der Waals surface area contributed by atoms with Gasteiger partial charge in [-0.25, -0.2) is 4.99 Å². The number of aliphatic imine (C=N–C) groups is 1. The summed E-state index contributed by atoms with van der Waals surface area (Å²) in [5.74, 6) is 0.710. The molecule has 0 atom stereocenters. The fourth-order valence-electron chi connectivity index (χ4n) is 3.51. The Balaban J connectivity index is 0.00000300. The summed E-state index contributed by atoms with van der Waals surface area (Å²) < 4.78 is 2.02. The van der Waals surface area contributed by atoms with Gasteiger partial charge in [0.25, 0.3) is 0 Å². The van der Waals surface area contributed by atoms with Gasteiger partial charge in [-0.3, -0.25) is 9.48 Å². The van der Waals surface area contributed by atoms with Crippen molar-refractivity contribution in [3.05, 3.63) is 47.3 Å². The molecule has 0 unspecified atom stereocenters. The summed E-state index contributed by atoms with van der Waals surface area (Å²) in [7, 11) is 0. The molecular formula is C21H31IN6O. The number of hydrogen-bond donors (Lipinski definition) is 2. The molecule has 0 aliphatic carbocycles. The van der Waals surface area contributed by atoms with E-state index in [2.05, 4.69) is 39.8 Å². The van der Waals surface area contributed by atoms with E-state index in [1.165, 1.54) is 11.3 Å². The molecule has 0 saturated heterocycles. The van der Waals surface area contributed by atoms with Crippen LogP contribution in [0, 0.1) is 13.8 Å². The highest BCUT2D eigenvalue weighted by Crippen LogP contribution is 2.27. The molecule has 7 nitrogen and oxygen atoms in total. The molecule has 1 amide bonds. The van der Waals surface area contributed by atoms with Gasteiger partial charge in [-0.1, -0.05) is 18.2 Å². The van der Waals surface area contributed by atoms with Gasteiger partial charge in [0.2, 0.25) is 5.91 Å². The largest absolute Gasteiger partial charge is 0.357 e. The highest BCUT2D eigenvalue weighted by atomic mass is 127. The first-order valence-electron chi connectivity index (χ1n) is 10.00. The van der Waals surface area contributed by atoms with Crippen molar-refractivity contribution < 1.29 is 4.79 Å². The quantitative estimate of drug-likeness (QED) is 0.260. The van der Waals surface area contributed by atoms with Crippen LogP contribution in [0.4, 0.5) is 5.69 Å². The summed E-state index contributed by atoms with van der Waals surface area (Å²) in [6, 6.07) is 10.2. The lowest BCUT2D eigenvalue weighted by atomic mass is 10.2. The number of rotatable bonds is 7. The first-order valence-corrected chi connectivity index (χ1v) is 10.00. The Morgan fingerprint density at radius 2 is 2.03 bits per heavy atom. The topological polar surface area (TPSA) is 74.6 Å². The Labute approximate surface area is 190 Å². The lowest BCUT2D eigenvalue weighted by Gasteiger charge is -2.17. The van der Waals surface area contributed by atoms with Crippen molar-refractivity contribution in [2.45, 2.75) is 40.2 Å². The smallest absolute Gasteiger partial charge is 0.248 e. The van der Waals surface area contributed by atoms with E-state index in [1.807, 2.05) is 41.6 Å². The number of amides is 1. The van der Waals surface area contributed by atoms with Crippen LogP contribution >= 0.6 is 24.0 Å². The Hall–Kier alpha value is -2.10. The number of carbonyl (C=O) groups is 1. The number of nitrogens with one attached hydrogen (secondary N) is 2. The molecule has 0 saturated carbocycles. The molecule has 0 radical (unpaired) electrons. The molecule has 29 heavy (non-hydrogen) atoms. The van der Waals surface area contributed by atoms with Crippen molar-refractivity contribution in [1.29, 1.82) is 0 Å². The first kappa shape index (κ1) is 23.2. The lowest BCUT2D eigenvalue weighted by Crippen LogP contribution is -2.39. The molecule has 3 rings (SSSR count). The van der Waals surface area contributed by atoms with Crippen molar-refractivity contribution in [3.63, 3.8) is 0 Å². The highest BCUT2D eigenvalue weighted by Gasteiger charge is 2.23. The van der Waals surface area contributed by atoms with Gasteiger partial charge in [0, 0.05) is 37.6 Å². The fourth-order valence-corrected chi connectivity index (χ4v) is 3.51. The molecular weight excluding hydrogens is 479 g/mol. The molecule has 158 valence electrons. The van der Waals surface area contributed by atoms with Gasteiger partial charge in [0.1, 0.15) is 6.54 Å². The van der Waals surface area contributed by atoms with Crippen LogP contribution in [0.15, 0.2) is 35.3 Å². The molecule has 1 aliphatic heterocycles. The molecule has 2 aromatic rings. The number of anilines is 1.